The molecule has 0 bridgehead atoms. The first-order valence-electron chi connectivity index (χ1n) is 12.3. The van der Waals surface area contributed by atoms with Crippen LogP contribution in [0, 0.1) is 10.1 Å². The standard InChI is InChI=1S/C28H33N5O4/c1-5-6-18-31(27(35)17-14-21-12-15-23(16-13-21)33(36)37)20-26(34)29-25-19-24(28(2,3)4)30-32(25)22-10-8-7-9-11-22/h7-17,19H,5-6,18,20H2,1-4H3,(H,29,34)/b17-14+. The van der Waals surface area contributed by atoms with Crippen molar-refractivity contribution in [2.45, 2.75) is 46.0 Å². The molecule has 9 heteroatoms. The minimum absolute atomic E-state index is 0.0194. The number of benzene rings is 2. The molecule has 0 fully saturated rings. The molecule has 2 amide bonds. The molecule has 0 unspecified atom stereocenters. The summed E-state index contributed by atoms with van der Waals surface area (Å²) >= 11 is 0. The fourth-order valence-corrected chi connectivity index (χ4v) is 3.55. The Balaban J connectivity index is 1.76. The number of amides is 2. The molecule has 0 saturated carbocycles. The molecule has 3 aromatic rings. The van der Waals surface area contributed by atoms with Gasteiger partial charge in [-0.3, -0.25) is 19.7 Å². The number of anilines is 1. The molecule has 9 nitrogen and oxygen atoms in total. The third kappa shape index (κ3) is 7.60. The van der Waals surface area contributed by atoms with Gasteiger partial charge in [-0.25, -0.2) is 4.68 Å². The highest BCUT2D eigenvalue weighted by molar-refractivity contribution is 5.97. The second kappa shape index (κ2) is 12.1. The Morgan fingerprint density at radius 1 is 1.11 bits per heavy atom. The van der Waals surface area contributed by atoms with E-state index in [1.807, 2.05) is 43.3 Å². The Kier molecular flexibility index (Phi) is 8.95. The topological polar surface area (TPSA) is 110 Å². The zero-order chi connectivity index (χ0) is 27.0. The first kappa shape index (κ1) is 27.3. The monoisotopic (exact) mass is 503 g/mol. The number of hydrogen-bond acceptors (Lipinski definition) is 5. The summed E-state index contributed by atoms with van der Waals surface area (Å²) in [6.07, 6.45) is 4.59. The van der Waals surface area contributed by atoms with Gasteiger partial charge in [-0.15, -0.1) is 0 Å². The largest absolute Gasteiger partial charge is 0.330 e. The number of para-hydroxylation sites is 1. The van der Waals surface area contributed by atoms with E-state index in [-0.39, 0.29) is 29.5 Å². The van der Waals surface area contributed by atoms with Gasteiger partial charge < -0.3 is 10.2 Å². The molecule has 37 heavy (non-hydrogen) atoms. The predicted molar refractivity (Wildman–Crippen MR) is 145 cm³/mol. The Hall–Kier alpha value is -4.27. The molecule has 0 atom stereocenters. The van der Waals surface area contributed by atoms with Crippen LogP contribution in [-0.2, 0) is 15.0 Å². The number of unbranched alkanes of at least 4 members (excludes halogenated alkanes) is 1. The smallest absolute Gasteiger partial charge is 0.269 e. The molecule has 0 aliphatic rings. The minimum atomic E-state index is -0.474. The van der Waals surface area contributed by atoms with Crippen LogP contribution in [0.1, 0.15) is 51.8 Å². The maximum absolute atomic E-state index is 13.1. The highest BCUT2D eigenvalue weighted by Gasteiger charge is 2.22. The third-order valence-corrected chi connectivity index (χ3v) is 5.70. The molecule has 1 aromatic heterocycles. The number of nitrogens with one attached hydrogen (secondary N) is 1. The van der Waals surface area contributed by atoms with Gasteiger partial charge in [-0.05, 0) is 42.3 Å². The average molecular weight is 504 g/mol. The third-order valence-electron chi connectivity index (χ3n) is 5.70. The quantitative estimate of drug-likeness (QED) is 0.228. The molecule has 2 aromatic carbocycles. The Bertz CT molecular complexity index is 1260. The van der Waals surface area contributed by atoms with Gasteiger partial charge in [-0.2, -0.15) is 5.10 Å². The summed E-state index contributed by atoms with van der Waals surface area (Å²) in [7, 11) is 0. The second-order valence-corrected chi connectivity index (χ2v) is 9.76. The fourth-order valence-electron chi connectivity index (χ4n) is 3.55. The first-order valence-corrected chi connectivity index (χ1v) is 12.3. The Morgan fingerprint density at radius 3 is 2.38 bits per heavy atom. The number of nitro benzene ring substituents is 1. The lowest BCUT2D eigenvalue weighted by molar-refractivity contribution is -0.384. The number of carbonyl (C=O) groups excluding carboxylic acids is 2. The zero-order valence-corrected chi connectivity index (χ0v) is 21.7. The molecular formula is C28H33N5O4. The number of carbonyl (C=O) groups is 2. The molecule has 1 N–H and O–H groups in total. The molecule has 1 heterocycles. The van der Waals surface area contributed by atoms with Crippen molar-refractivity contribution in [2.75, 3.05) is 18.4 Å². The van der Waals surface area contributed by atoms with Crippen molar-refractivity contribution in [3.05, 3.63) is 88.1 Å². The Labute approximate surface area is 216 Å². The lowest BCUT2D eigenvalue weighted by Crippen LogP contribution is -2.38. The molecule has 0 radical (unpaired) electrons. The normalized spacial score (nSPS) is 11.5. The van der Waals surface area contributed by atoms with Gasteiger partial charge in [0.1, 0.15) is 12.4 Å². The van der Waals surface area contributed by atoms with E-state index in [1.165, 1.54) is 23.1 Å². The van der Waals surface area contributed by atoms with Crippen LogP contribution < -0.4 is 5.32 Å². The lowest BCUT2D eigenvalue weighted by Gasteiger charge is -2.20. The van der Waals surface area contributed by atoms with Gasteiger partial charge in [0.2, 0.25) is 11.8 Å². The number of non-ortho nitro benzene ring substituents is 1. The number of nitro groups is 1. The molecule has 0 aliphatic heterocycles. The summed E-state index contributed by atoms with van der Waals surface area (Å²) in [5.74, 6) is -0.106. The van der Waals surface area contributed by atoms with Crippen LogP contribution in [0.15, 0.2) is 66.7 Å². The SMILES string of the molecule is CCCCN(CC(=O)Nc1cc(C(C)(C)C)nn1-c1ccccc1)C(=O)/C=C/c1ccc([N+](=O)[O-])cc1. The van der Waals surface area contributed by atoms with Crippen LogP contribution in [-0.4, -0.2) is 44.5 Å². The highest BCUT2D eigenvalue weighted by Crippen LogP contribution is 2.26. The summed E-state index contributed by atoms with van der Waals surface area (Å²) in [6, 6.07) is 17.3. The van der Waals surface area contributed by atoms with Crippen molar-refractivity contribution in [3.63, 3.8) is 0 Å². The van der Waals surface area contributed by atoms with Gasteiger partial charge in [-0.1, -0.05) is 52.3 Å². The van der Waals surface area contributed by atoms with Gasteiger partial charge in [0.25, 0.3) is 5.69 Å². The number of aromatic nitrogens is 2. The van der Waals surface area contributed by atoms with Crippen LogP contribution in [0.2, 0.25) is 0 Å². The van der Waals surface area contributed by atoms with Crippen LogP contribution in [0.3, 0.4) is 0 Å². The molecule has 194 valence electrons. The van der Waals surface area contributed by atoms with Gasteiger partial charge in [0.05, 0.1) is 16.3 Å². The van der Waals surface area contributed by atoms with E-state index in [1.54, 1.807) is 22.9 Å². The van der Waals surface area contributed by atoms with Crippen molar-refractivity contribution in [1.29, 1.82) is 0 Å². The predicted octanol–water partition coefficient (Wildman–Crippen LogP) is 5.36. The van der Waals surface area contributed by atoms with E-state index < -0.39 is 4.92 Å². The summed E-state index contributed by atoms with van der Waals surface area (Å²) in [5.41, 5.74) is 2.06. The first-order chi connectivity index (χ1) is 17.6. The lowest BCUT2D eigenvalue weighted by atomic mass is 9.92. The molecule has 0 aliphatic carbocycles. The summed E-state index contributed by atoms with van der Waals surface area (Å²) in [4.78, 5) is 37.9. The Morgan fingerprint density at radius 2 is 1.78 bits per heavy atom. The van der Waals surface area contributed by atoms with E-state index in [9.17, 15) is 19.7 Å². The van der Waals surface area contributed by atoms with Gasteiger partial charge in [0.15, 0.2) is 0 Å². The number of hydrogen-bond donors (Lipinski definition) is 1. The van der Waals surface area contributed by atoms with E-state index >= 15 is 0 Å². The molecular weight excluding hydrogens is 470 g/mol. The van der Waals surface area contributed by atoms with Crippen molar-refractivity contribution in [1.82, 2.24) is 14.7 Å². The maximum atomic E-state index is 13.1. The molecule has 0 spiro atoms. The van der Waals surface area contributed by atoms with Crippen LogP contribution in [0.4, 0.5) is 11.5 Å². The summed E-state index contributed by atoms with van der Waals surface area (Å²) < 4.78 is 1.70. The number of rotatable bonds is 10. The zero-order valence-electron chi connectivity index (χ0n) is 21.7. The van der Waals surface area contributed by atoms with Crippen LogP contribution in [0.25, 0.3) is 11.8 Å². The van der Waals surface area contributed by atoms with Crippen molar-refractivity contribution >= 4 is 29.4 Å². The molecule has 3 rings (SSSR count). The van der Waals surface area contributed by atoms with Crippen molar-refractivity contribution in [2.24, 2.45) is 0 Å². The summed E-state index contributed by atoms with van der Waals surface area (Å²) in [6.45, 7) is 8.49. The number of nitrogens with zero attached hydrogens (tertiary/aromatic N) is 4. The average Bonchev–Trinajstić information content (AvgIpc) is 3.30. The summed E-state index contributed by atoms with van der Waals surface area (Å²) in [5, 5.41) is 18.5. The second-order valence-electron chi connectivity index (χ2n) is 9.76. The molecule has 0 saturated heterocycles. The van der Waals surface area contributed by atoms with E-state index in [0.717, 1.165) is 24.2 Å². The minimum Gasteiger partial charge on any atom is -0.330 e. The van der Waals surface area contributed by atoms with Crippen molar-refractivity contribution < 1.29 is 14.5 Å². The van der Waals surface area contributed by atoms with Crippen molar-refractivity contribution in [3.8, 4) is 5.69 Å². The van der Waals surface area contributed by atoms with E-state index in [2.05, 4.69) is 26.1 Å². The van der Waals surface area contributed by atoms with E-state index in [4.69, 9.17) is 5.10 Å². The van der Waals surface area contributed by atoms with Gasteiger partial charge in [0, 0.05) is 36.2 Å². The van der Waals surface area contributed by atoms with E-state index in [0.29, 0.717) is 17.9 Å². The fraction of sp³-hybridized carbons (Fsp3) is 0.321. The van der Waals surface area contributed by atoms with Gasteiger partial charge >= 0.3 is 0 Å². The van der Waals surface area contributed by atoms with Crippen LogP contribution in [0.5, 0.6) is 0 Å². The highest BCUT2D eigenvalue weighted by atomic mass is 16.6. The maximum Gasteiger partial charge on any atom is 0.269 e. The van der Waals surface area contributed by atoms with Crippen LogP contribution >= 0.6 is 0 Å².